The topological polar surface area (TPSA) is 93.4 Å². The number of fused-ring (bicyclic) bond motifs is 3. The van der Waals surface area contributed by atoms with Crippen LogP contribution in [0, 0.1) is 5.92 Å². The van der Waals surface area contributed by atoms with Gasteiger partial charge in [0, 0.05) is 4.88 Å². The Hall–Kier alpha value is -2.32. The SMILES string of the molecule is COc1ccccc1N=C(N)SCc1nc2sc3c(c2c(=O)[nH]1)CC[C@@H](C)C3. The fourth-order valence-corrected chi connectivity index (χ4v) is 5.46. The summed E-state index contributed by atoms with van der Waals surface area (Å²) < 4.78 is 5.29. The van der Waals surface area contributed by atoms with Crippen LogP contribution in [0.3, 0.4) is 0 Å². The van der Waals surface area contributed by atoms with Crippen molar-refractivity contribution in [3.63, 3.8) is 0 Å². The van der Waals surface area contributed by atoms with Gasteiger partial charge in [0.05, 0.1) is 18.2 Å². The number of amidine groups is 1. The lowest BCUT2D eigenvalue weighted by molar-refractivity contribution is 0.416. The van der Waals surface area contributed by atoms with Gasteiger partial charge in [-0.2, -0.15) is 0 Å². The van der Waals surface area contributed by atoms with E-state index in [1.54, 1.807) is 18.4 Å². The molecule has 0 fully saturated rings. The van der Waals surface area contributed by atoms with E-state index in [4.69, 9.17) is 10.5 Å². The highest BCUT2D eigenvalue weighted by molar-refractivity contribution is 8.13. The zero-order valence-electron chi connectivity index (χ0n) is 15.8. The lowest BCUT2D eigenvalue weighted by Crippen LogP contribution is -2.15. The van der Waals surface area contributed by atoms with Crippen molar-refractivity contribution in [3.05, 3.63) is 50.9 Å². The zero-order chi connectivity index (χ0) is 19.7. The maximum atomic E-state index is 12.7. The third-order valence-electron chi connectivity index (χ3n) is 4.89. The van der Waals surface area contributed by atoms with E-state index in [-0.39, 0.29) is 5.56 Å². The summed E-state index contributed by atoms with van der Waals surface area (Å²) in [6.07, 6.45) is 3.14. The monoisotopic (exact) mass is 414 g/mol. The van der Waals surface area contributed by atoms with Gasteiger partial charge in [-0.05, 0) is 42.9 Å². The summed E-state index contributed by atoms with van der Waals surface area (Å²) in [6.45, 7) is 2.26. The molecule has 8 heteroatoms. The minimum atomic E-state index is -0.0482. The number of aromatic nitrogens is 2. The van der Waals surface area contributed by atoms with Gasteiger partial charge in [-0.15, -0.1) is 11.3 Å². The highest BCUT2D eigenvalue weighted by Crippen LogP contribution is 2.35. The Labute approximate surface area is 171 Å². The molecular weight excluding hydrogens is 392 g/mol. The van der Waals surface area contributed by atoms with Crippen LogP contribution >= 0.6 is 23.1 Å². The molecule has 4 rings (SSSR count). The molecule has 0 amide bonds. The molecule has 3 N–H and O–H groups in total. The first-order valence-electron chi connectivity index (χ1n) is 9.18. The Morgan fingerprint density at radius 1 is 1.46 bits per heavy atom. The molecule has 1 aliphatic rings. The van der Waals surface area contributed by atoms with E-state index < -0.39 is 0 Å². The second-order valence-electron chi connectivity index (χ2n) is 6.96. The first-order chi connectivity index (χ1) is 13.5. The van der Waals surface area contributed by atoms with Crippen LogP contribution in [0.5, 0.6) is 5.75 Å². The van der Waals surface area contributed by atoms with Crippen LogP contribution in [-0.2, 0) is 18.6 Å². The van der Waals surface area contributed by atoms with Crippen LogP contribution in [0.2, 0.25) is 0 Å². The van der Waals surface area contributed by atoms with E-state index in [9.17, 15) is 4.79 Å². The molecule has 0 bridgehead atoms. The predicted octanol–water partition coefficient (Wildman–Crippen LogP) is 4.00. The van der Waals surface area contributed by atoms with E-state index in [1.807, 2.05) is 24.3 Å². The van der Waals surface area contributed by atoms with Crippen molar-refractivity contribution >= 4 is 44.2 Å². The molecule has 2 heterocycles. The van der Waals surface area contributed by atoms with Gasteiger partial charge >= 0.3 is 0 Å². The first kappa shape index (κ1) is 19.0. The molecule has 0 radical (unpaired) electrons. The maximum absolute atomic E-state index is 12.7. The number of thiophene rings is 1. The van der Waals surface area contributed by atoms with E-state index in [0.717, 1.165) is 29.5 Å². The molecule has 28 heavy (non-hydrogen) atoms. The highest BCUT2D eigenvalue weighted by atomic mass is 32.2. The fraction of sp³-hybridized carbons (Fsp3) is 0.350. The van der Waals surface area contributed by atoms with Gasteiger partial charge in [-0.3, -0.25) is 4.79 Å². The van der Waals surface area contributed by atoms with Gasteiger partial charge in [0.1, 0.15) is 22.1 Å². The molecule has 6 nitrogen and oxygen atoms in total. The van der Waals surface area contributed by atoms with E-state index in [2.05, 4.69) is 21.9 Å². The van der Waals surface area contributed by atoms with Crippen LogP contribution in [0.15, 0.2) is 34.1 Å². The number of rotatable bonds is 4. The number of nitrogens with zero attached hydrogens (tertiary/aromatic N) is 2. The van der Waals surface area contributed by atoms with Crippen molar-refractivity contribution in [1.82, 2.24) is 9.97 Å². The number of nitrogens with one attached hydrogen (secondary N) is 1. The van der Waals surface area contributed by atoms with Crippen molar-refractivity contribution in [2.24, 2.45) is 16.6 Å². The molecular formula is C20H22N4O2S2. The molecule has 0 unspecified atom stereocenters. The Morgan fingerprint density at radius 2 is 2.29 bits per heavy atom. The number of para-hydroxylation sites is 2. The minimum Gasteiger partial charge on any atom is -0.494 e. The van der Waals surface area contributed by atoms with Gasteiger partial charge in [0.15, 0.2) is 5.17 Å². The van der Waals surface area contributed by atoms with Crippen molar-refractivity contribution in [2.75, 3.05) is 7.11 Å². The number of thioether (sulfide) groups is 1. The lowest BCUT2D eigenvalue weighted by atomic mass is 9.89. The number of aliphatic imine (C=N–C) groups is 1. The number of hydrogen-bond acceptors (Lipinski definition) is 6. The highest BCUT2D eigenvalue weighted by Gasteiger charge is 2.23. The van der Waals surface area contributed by atoms with E-state index in [1.165, 1.54) is 22.2 Å². The maximum Gasteiger partial charge on any atom is 0.259 e. The summed E-state index contributed by atoms with van der Waals surface area (Å²) in [5.41, 5.74) is 7.89. The average molecular weight is 415 g/mol. The number of benzene rings is 1. The predicted molar refractivity (Wildman–Crippen MR) is 117 cm³/mol. The molecule has 0 saturated heterocycles. The summed E-state index contributed by atoms with van der Waals surface area (Å²) >= 11 is 3.00. The molecule has 1 aromatic carbocycles. The second-order valence-corrected chi connectivity index (χ2v) is 9.03. The molecule has 0 spiro atoms. The second kappa shape index (κ2) is 7.97. The van der Waals surface area contributed by atoms with Gasteiger partial charge < -0.3 is 15.5 Å². The largest absolute Gasteiger partial charge is 0.494 e. The summed E-state index contributed by atoms with van der Waals surface area (Å²) in [6, 6.07) is 7.44. The number of H-pyrrole nitrogens is 1. The number of aryl methyl sites for hydroxylation is 1. The van der Waals surface area contributed by atoms with Crippen molar-refractivity contribution in [1.29, 1.82) is 0 Å². The van der Waals surface area contributed by atoms with Crippen LogP contribution in [-0.4, -0.2) is 22.2 Å². The molecule has 146 valence electrons. The summed E-state index contributed by atoms with van der Waals surface area (Å²) in [4.78, 5) is 26.8. The standard InChI is InChI=1S/C20H22N4O2S2/c1-11-7-8-12-15(9-11)28-19-17(12)18(25)23-16(24-19)10-27-20(21)22-13-5-3-4-6-14(13)26-2/h3-6,11H,7-10H2,1-2H3,(H2,21,22)(H,23,24,25)/t11-/m1/s1. The Bertz CT molecular complexity index is 1100. The summed E-state index contributed by atoms with van der Waals surface area (Å²) in [5.74, 6) is 2.40. The van der Waals surface area contributed by atoms with Gasteiger partial charge in [-0.1, -0.05) is 30.8 Å². The normalized spacial score (nSPS) is 16.9. The summed E-state index contributed by atoms with van der Waals surface area (Å²) in [5, 5.41) is 1.17. The molecule has 1 atom stereocenters. The van der Waals surface area contributed by atoms with Gasteiger partial charge in [-0.25, -0.2) is 9.98 Å². The van der Waals surface area contributed by atoms with Crippen molar-refractivity contribution in [2.45, 2.75) is 31.9 Å². The molecule has 3 aromatic rings. The smallest absolute Gasteiger partial charge is 0.259 e. The Morgan fingerprint density at radius 3 is 3.11 bits per heavy atom. The fourth-order valence-electron chi connectivity index (χ4n) is 3.48. The molecule has 0 aliphatic heterocycles. The van der Waals surface area contributed by atoms with Crippen molar-refractivity contribution < 1.29 is 4.74 Å². The number of aromatic amines is 1. The molecule has 0 saturated carbocycles. The minimum absolute atomic E-state index is 0.0482. The summed E-state index contributed by atoms with van der Waals surface area (Å²) in [7, 11) is 1.60. The quantitative estimate of drug-likeness (QED) is 0.497. The number of nitrogens with two attached hydrogens (primary N) is 1. The van der Waals surface area contributed by atoms with E-state index in [0.29, 0.717) is 34.1 Å². The van der Waals surface area contributed by atoms with Crippen LogP contribution < -0.4 is 16.0 Å². The van der Waals surface area contributed by atoms with Crippen LogP contribution in [0.4, 0.5) is 5.69 Å². The first-order valence-corrected chi connectivity index (χ1v) is 11.0. The zero-order valence-corrected chi connectivity index (χ0v) is 17.5. The molecule has 1 aliphatic carbocycles. The Balaban J connectivity index is 1.55. The lowest BCUT2D eigenvalue weighted by Gasteiger charge is -2.17. The van der Waals surface area contributed by atoms with Crippen molar-refractivity contribution in [3.8, 4) is 5.75 Å². The number of hydrogen-bond donors (Lipinski definition) is 2. The average Bonchev–Trinajstić information content (AvgIpc) is 3.04. The molecule has 2 aromatic heterocycles. The van der Waals surface area contributed by atoms with Crippen LogP contribution in [0.1, 0.15) is 29.6 Å². The Kier molecular flexibility index (Phi) is 5.41. The van der Waals surface area contributed by atoms with Gasteiger partial charge in [0.2, 0.25) is 0 Å². The van der Waals surface area contributed by atoms with E-state index >= 15 is 0 Å². The number of ether oxygens (including phenoxy) is 1. The third-order valence-corrected chi connectivity index (χ3v) is 6.84. The van der Waals surface area contributed by atoms with Gasteiger partial charge in [0.25, 0.3) is 5.56 Å². The van der Waals surface area contributed by atoms with Crippen LogP contribution in [0.25, 0.3) is 10.2 Å². The number of methoxy groups -OCH3 is 1. The third kappa shape index (κ3) is 3.79.